The lowest BCUT2D eigenvalue weighted by Crippen LogP contribution is -2.18. The van der Waals surface area contributed by atoms with E-state index in [0.29, 0.717) is 34.9 Å². The molecule has 0 aliphatic heterocycles. The van der Waals surface area contributed by atoms with Gasteiger partial charge in [-0.05, 0) is 37.6 Å². The average molecular weight is 365 g/mol. The Morgan fingerprint density at radius 2 is 2.07 bits per heavy atom. The molecule has 3 aromatic rings. The van der Waals surface area contributed by atoms with E-state index in [9.17, 15) is 9.90 Å². The third kappa shape index (κ3) is 4.14. The Balaban J connectivity index is 1.76. The highest BCUT2D eigenvalue weighted by Gasteiger charge is 2.21. The zero-order valence-corrected chi connectivity index (χ0v) is 15.0. The Morgan fingerprint density at radius 1 is 1.30 bits per heavy atom. The van der Waals surface area contributed by atoms with Gasteiger partial charge < -0.3 is 14.4 Å². The topological polar surface area (TPSA) is 97.0 Å². The molecule has 0 fully saturated rings. The molecule has 0 bridgehead atoms. The molecule has 3 rings (SSSR count). The van der Waals surface area contributed by atoms with E-state index >= 15 is 0 Å². The number of hydrogen-bond donors (Lipinski definition) is 2. The summed E-state index contributed by atoms with van der Waals surface area (Å²) in [6.45, 7) is 3.93. The molecule has 0 saturated heterocycles. The average Bonchev–Trinajstić information content (AvgIpc) is 3.07. The normalized spacial score (nSPS) is 10.9. The summed E-state index contributed by atoms with van der Waals surface area (Å²) in [5, 5.41) is 17.7. The lowest BCUT2D eigenvalue weighted by atomic mass is 10.1. The van der Waals surface area contributed by atoms with Crippen molar-refractivity contribution in [3.8, 4) is 22.8 Å². The van der Waals surface area contributed by atoms with Crippen molar-refractivity contribution in [2.24, 2.45) is 5.10 Å². The van der Waals surface area contributed by atoms with Crippen molar-refractivity contribution < 1.29 is 19.2 Å². The smallest absolute Gasteiger partial charge is 0.277 e. The number of hydrazone groups is 1. The summed E-state index contributed by atoms with van der Waals surface area (Å²) in [5.41, 5.74) is 4.72. The van der Waals surface area contributed by atoms with Gasteiger partial charge in [0, 0.05) is 5.56 Å². The maximum Gasteiger partial charge on any atom is 0.277 e. The van der Waals surface area contributed by atoms with E-state index in [1.54, 1.807) is 19.1 Å². The van der Waals surface area contributed by atoms with Gasteiger partial charge in [0.05, 0.1) is 12.8 Å². The molecule has 2 N–H and O–H groups in total. The second-order valence-corrected chi connectivity index (χ2v) is 5.69. The molecule has 0 atom stereocenters. The highest BCUT2D eigenvalue weighted by atomic mass is 16.5. The van der Waals surface area contributed by atoms with Crippen LogP contribution in [0.25, 0.3) is 11.3 Å². The minimum Gasteiger partial charge on any atom is -0.504 e. The van der Waals surface area contributed by atoms with E-state index < -0.39 is 5.91 Å². The lowest BCUT2D eigenvalue weighted by molar-refractivity contribution is 0.0954. The number of carbonyl (C=O) groups excluding carboxylic acids is 1. The van der Waals surface area contributed by atoms with Crippen molar-refractivity contribution >= 4 is 12.1 Å². The van der Waals surface area contributed by atoms with Crippen LogP contribution in [0.4, 0.5) is 0 Å². The van der Waals surface area contributed by atoms with Crippen LogP contribution in [0.3, 0.4) is 0 Å². The maximum absolute atomic E-state index is 12.5. The molecule has 0 aliphatic carbocycles. The van der Waals surface area contributed by atoms with Gasteiger partial charge >= 0.3 is 0 Å². The van der Waals surface area contributed by atoms with Crippen LogP contribution in [0.2, 0.25) is 0 Å². The quantitative estimate of drug-likeness (QED) is 0.515. The van der Waals surface area contributed by atoms with Gasteiger partial charge in [-0.25, -0.2) is 5.43 Å². The first kappa shape index (κ1) is 18.2. The van der Waals surface area contributed by atoms with Crippen LogP contribution in [-0.4, -0.2) is 29.0 Å². The summed E-state index contributed by atoms with van der Waals surface area (Å²) < 4.78 is 10.5. The molecule has 7 heteroatoms. The SMILES string of the molecule is CCOc1cc(/C=N\NC(=O)c2c(-c3ccccc3)noc2C)ccc1O. The zero-order valence-electron chi connectivity index (χ0n) is 15.0. The molecule has 0 saturated carbocycles. The Bertz CT molecular complexity index is 965. The fraction of sp³-hybridized carbons (Fsp3) is 0.150. The molecule has 27 heavy (non-hydrogen) atoms. The van der Waals surface area contributed by atoms with Gasteiger partial charge in [0.1, 0.15) is 17.0 Å². The second kappa shape index (κ2) is 8.18. The molecule has 0 unspecified atom stereocenters. The number of phenolic OH excluding ortho intramolecular Hbond substituents is 1. The molecular weight excluding hydrogens is 346 g/mol. The van der Waals surface area contributed by atoms with Crippen LogP contribution in [0.5, 0.6) is 11.5 Å². The highest BCUT2D eigenvalue weighted by Crippen LogP contribution is 2.26. The third-order valence-electron chi connectivity index (χ3n) is 3.80. The molecule has 0 aliphatic rings. The number of rotatable bonds is 6. The first-order valence-corrected chi connectivity index (χ1v) is 8.41. The number of carbonyl (C=O) groups is 1. The highest BCUT2D eigenvalue weighted by molar-refractivity contribution is 6.01. The van der Waals surface area contributed by atoms with Gasteiger partial charge in [-0.3, -0.25) is 4.79 Å². The summed E-state index contributed by atoms with van der Waals surface area (Å²) in [4.78, 5) is 12.5. The van der Waals surface area contributed by atoms with Crippen molar-refractivity contribution in [2.75, 3.05) is 6.61 Å². The number of nitrogens with zero attached hydrogens (tertiary/aromatic N) is 2. The van der Waals surface area contributed by atoms with Gasteiger partial charge in [0.25, 0.3) is 5.91 Å². The van der Waals surface area contributed by atoms with Crippen molar-refractivity contribution in [2.45, 2.75) is 13.8 Å². The van der Waals surface area contributed by atoms with Crippen LogP contribution in [0.1, 0.15) is 28.6 Å². The van der Waals surface area contributed by atoms with Gasteiger partial charge in [0.15, 0.2) is 11.5 Å². The molecule has 1 aromatic heterocycles. The Hall–Kier alpha value is -3.61. The Labute approximate surface area is 156 Å². The predicted octanol–water partition coefficient (Wildman–Crippen LogP) is 3.52. The number of hydrogen-bond acceptors (Lipinski definition) is 6. The minimum atomic E-state index is -0.423. The molecule has 138 valence electrons. The molecule has 1 amide bonds. The summed E-state index contributed by atoms with van der Waals surface area (Å²) >= 11 is 0. The fourth-order valence-electron chi connectivity index (χ4n) is 2.54. The monoisotopic (exact) mass is 365 g/mol. The van der Waals surface area contributed by atoms with Crippen LogP contribution < -0.4 is 10.2 Å². The standard InChI is InChI=1S/C20H19N3O4/c1-3-26-17-11-14(9-10-16(17)24)12-21-22-20(25)18-13(2)27-23-19(18)15-7-5-4-6-8-15/h4-12,24H,3H2,1-2H3,(H,22,25)/b21-12-. The number of amides is 1. The van der Waals surface area contributed by atoms with Crippen LogP contribution in [-0.2, 0) is 0 Å². The fourth-order valence-corrected chi connectivity index (χ4v) is 2.54. The number of aryl methyl sites for hydroxylation is 1. The van der Waals surface area contributed by atoms with Gasteiger partial charge in [-0.2, -0.15) is 5.10 Å². The van der Waals surface area contributed by atoms with Crippen LogP contribution in [0.15, 0.2) is 58.2 Å². The van der Waals surface area contributed by atoms with Crippen LogP contribution in [0, 0.1) is 6.92 Å². The first-order valence-electron chi connectivity index (χ1n) is 8.41. The third-order valence-corrected chi connectivity index (χ3v) is 3.80. The van der Waals surface area contributed by atoms with Gasteiger partial charge in [-0.15, -0.1) is 0 Å². The Morgan fingerprint density at radius 3 is 2.81 bits per heavy atom. The van der Waals surface area contributed by atoms with Crippen molar-refractivity contribution in [1.82, 2.24) is 10.6 Å². The number of ether oxygens (including phenoxy) is 1. The van der Waals surface area contributed by atoms with E-state index in [2.05, 4.69) is 15.7 Å². The molecule has 2 aromatic carbocycles. The summed E-state index contributed by atoms with van der Waals surface area (Å²) in [7, 11) is 0. The predicted molar refractivity (Wildman–Crippen MR) is 101 cm³/mol. The maximum atomic E-state index is 12.5. The number of phenols is 1. The summed E-state index contributed by atoms with van der Waals surface area (Å²) in [6.07, 6.45) is 1.46. The molecule has 7 nitrogen and oxygen atoms in total. The van der Waals surface area contributed by atoms with Crippen molar-refractivity contribution in [3.63, 3.8) is 0 Å². The van der Waals surface area contributed by atoms with E-state index in [1.165, 1.54) is 12.3 Å². The number of aromatic nitrogens is 1. The van der Waals surface area contributed by atoms with Crippen molar-refractivity contribution in [1.29, 1.82) is 0 Å². The number of nitrogens with one attached hydrogen (secondary N) is 1. The molecule has 0 radical (unpaired) electrons. The second-order valence-electron chi connectivity index (χ2n) is 5.69. The van der Waals surface area contributed by atoms with Crippen LogP contribution >= 0.6 is 0 Å². The van der Waals surface area contributed by atoms with E-state index in [0.717, 1.165) is 5.56 Å². The molecule has 0 spiro atoms. The largest absolute Gasteiger partial charge is 0.504 e. The molecular formula is C20H19N3O4. The van der Waals surface area contributed by atoms with Gasteiger partial charge in [-0.1, -0.05) is 35.5 Å². The van der Waals surface area contributed by atoms with E-state index in [4.69, 9.17) is 9.26 Å². The number of aromatic hydroxyl groups is 1. The Kier molecular flexibility index (Phi) is 5.51. The van der Waals surface area contributed by atoms with Gasteiger partial charge in [0.2, 0.25) is 0 Å². The molecule has 1 heterocycles. The van der Waals surface area contributed by atoms with E-state index in [-0.39, 0.29) is 5.75 Å². The summed E-state index contributed by atoms with van der Waals surface area (Å²) in [6, 6.07) is 14.1. The lowest BCUT2D eigenvalue weighted by Gasteiger charge is -2.06. The van der Waals surface area contributed by atoms with E-state index in [1.807, 2.05) is 37.3 Å². The summed E-state index contributed by atoms with van der Waals surface area (Å²) in [5.74, 6) is 0.386. The van der Waals surface area contributed by atoms with Crippen molar-refractivity contribution in [3.05, 3.63) is 65.4 Å². The number of benzene rings is 2. The minimum absolute atomic E-state index is 0.0469. The first-order chi connectivity index (χ1) is 13.1. The zero-order chi connectivity index (χ0) is 19.2.